The number of carbonyl (C=O) groups excluding carboxylic acids is 1. The van der Waals surface area contributed by atoms with Gasteiger partial charge in [0, 0.05) is 25.0 Å². The van der Waals surface area contributed by atoms with Crippen molar-refractivity contribution in [3.05, 3.63) is 71.6 Å². The van der Waals surface area contributed by atoms with Gasteiger partial charge in [-0.15, -0.1) is 0 Å². The van der Waals surface area contributed by atoms with E-state index in [1.54, 1.807) is 11.6 Å². The molecule has 2 heterocycles. The van der Waals surface area contributed by atoms with Gasteiger partial charge in [0.25, 0.3) is 5.91 Å². The zero-order chi connectivity index (χ0) is 17.5. The molecule has 1 aromatic carbocycles. The highest BCUT2D eigenvalue weighted by Gasteiger charge is 2.02. The maximum Gasteiger partial charge on any atom is 0.267 e. The van der Waals surface area contributed by atoms with Gasteiger partial charge in [0.15, 0.2) is 0 Å². The molecule has 0 spiro atoms. The van der Waals surface area contributed by atoms with E-state index in [0.29, 0.717) is 0 Å². The molecule has 0 aliphatic rings. The van der Waals surface area contributed by atoms with Crippen LogP contribution in [0.5, 0.6) is 0 Å². The Kier molecular flexibility index (Phi) is 5.56. The summed E-state index contributed by atoms with van der Waals surface area (Å²) in [4.78, 5) is 18.5. The summed E-state index contributed by atoms with van der Waals surface area (Å²) in [6.45, 7) is 1.65. The number of nitrogens with one attached hydrogen (secondary N) is 3. The van der Waals surface area contributed by atoms with Crippen LogP contribution >= 0.6 is 0 Å². The Bertz CT molecular complexity index is 869. The number of nitrogens with zero attached hydrogens (tertiary/aromatic N) is 1. The SMILES string of the molecule is O=C(/C=C/c1ccc(CNCCc2ccnc3cc[nH]c23)cc1)NO. The molecule has 3 rings (SSSR count). The quantitative estimate of drug-likeness (QED) is 0.231. The van der Waals surface area contributed by atoms with Crippen LogP contribution < -0.4 is 10.8 Å². The number of carbonyl (C=O) groups is 1. The lowest BCUT2D eigenvalue weighted by atomic mass is 10.1. The van der Waals surface area contributed by atoms with Gasteiger partial charge in [0.2, 0.25) is 0 Å². The highest BCUT2D eigenvalue weighted by Crippen LogP contribution is 2.14. The van der Waals surface area contributed by atoms with E-state index in [-0.39, 0.29) is 0 Å². The second-order valence-corrected chi connectivity index (χ2v) is 5.69. The normalized spacial score (nSPS) is 11.2. The lowest BCUT2D eigenvalue weighted by Gasteiger charge is -2.06. The summed E-state index contributed by atoms with van der Waals surface area (Å²) in [7, 11) is 0. The number of benzene rings is 1. The van der Waals surface area contributed by atoms with Crippen LogP contribution in [-0.4, -0.2) is 27.6 Å². The second-order valence-electron chi connectivity index (χ2n) is 5.69. The number of aromatic amines is 1. The molecule has 25 heavy (non-hydrogen) atoms. The van der Waals surface area contributed by atoms with Crippen LogP contribution in [0.25, 0.3) is 17.1 Å². The van der Waals surface area contributed by atoms with Crippen LogP contribution in [0, 0.1) is 0 Å². The number of hydrogen-bond donors (Lipinski definition) is 4. The van der Waals surface area contributed by atoms with Crippen LogP contribution in [-0.2, 0) is 17.8 Å². The average Bonchev–Trinajstić information content (AvgIpc) is 3.13. The minimum Gasteiger partial charge on any atom is -0.360 e. The monoisotopic (exact) mass is 336 g/mol. The first-order valence-electron chi connectivity index (χ1n) is 8.09. The summed E-state index contributed by atoms with van der Waals surface area (Å²) in [5.74, 6) is -0.543. The highest BCUT2D eigenvalue weighted by atomic mass is 16.5. The minimum absolute atomic E-state index is 0.543. The van der Waals surface area contributed by atoms with E-state index in [2.05, 4.69) is 15.3 Å². The average molecular weight is 336 g/mol. The lowest BCUT2D eigenvalue weighted by molar-refractivity contribution is -0.124. The molecule has 0 aliphatic carbocycles. The molecule has 128 valence electrons. The zero-order valence-electron chi connectivity index (χ0n) is 13.7. The van der Waals surface area contributed by atoms with Crippen molar-refractivity contribution in [2.24, 2.45) is 0 Å². The lowest BCUT2D eigenvalue weighted by Crippen LogP contribution is -2.16. The van der Waals surface area contributed by atoms with Crippen molar-refractivity contribution < 1.29 is 10.0 Å². The van der Waals surface area contributed by atoms with Gasteiger partial charge in [0.05, 0.1) is 11.0 Å². The third-order valence-electron chi connectivity index (χ3n) is 3.95. The summed E-state index contributed by atoms with van der Waals surface area (Å²) in [5.41, 5.74) is 6.99. The van der Waals surface area contributed by atoms with Crippen LogP contribution in [0.4, 0.5) is 0 Å². The number of fused-ring (bicyclic) bond motifs is 1. The fourth-order valence-electron chi connectivity index (χ4n) is 2.64. The Balaban J connectivity index is 1.48. The number of amides is 1. The molecule has 6 nitrogen and oxygen atoms in total. The van der Waals surface area contributed by atoms with Crippen molar-refractivity contribution in [1.82, 2.24) is 20.8 Å². The molecule has 3 aromatic rings. The molecule has 0 unspecified atom stereocenters. The largest absolute Gasteiger partial charge is 0.360 e. The van der Waals surface area contributed by atoms with Crippen molar-refractivity contribution in [1.29, 1.82) is 0 Å². The summed E-state index contributed by atoms with van der Waals surface area (Å²) in [6.07, 6.45) is 7.61. The third kappa shape index (κ3) is 4.53. The number of rotatable bonds is 7. The van der Waals surface area contributed by atoms with Gasteiger partial charge in [-0.05, 0) is 47.9 Å². The van der Waals surface area contributed by atoms with Crippen molar-refractivity contribution in [2.45, 2.75) is 13.0 Å². The fraction of sp³-hybridized carbons (Fsp3) is 0.158. The maximum absolute atomic E-state index is 10.9. The zero-order valence-corrected chi connectivity index (χ0v) is 13.7. The van der Waals surface area contributed by atoms with E-state index < -0.39 is 5.91 Å². The van der Waals surface area contributed by atoms with Crippen molar-refractivity contribution in [2.75, 3.05) is 6.54 Å². The van der Waals surface area contributed by atoms with Gasteiger partial charge in [0.1, 0.15) is 0 Å². The molecule has 0 fully saturated rings. The number of hydroxylamine groups is 1. The van der Waals surface area contributed by atoms with E-state index in [4.69, 9.17) is 5.21 Å². The van der Waals surface area contributed by atoms with E-state index >= 15 is 0 Å². The van der Waals surface area contributed by atoms with E-state index in [1.807, 2.05) is 48.8 Å². The number of hydrogen-bond acceptors (Lipinski definition) is 4. The first-order valence-corrected chi connectivity index (χ1v) is 8.09. The molecular formula is C19H20N4O2. The predicted octanol–water partition coefficient (Wildman–Crippen LogP) is 2.41. The fourth-order valence-corrected chi connectivity index (χ4v) is 2.64. The van der Waals surface area contributed by atoms with Gasteiger partial charge < -0.3 is 10.3 Å². The Labute approximate surface area is 145 Å². The van der Waals surface area contributed by atoms with Crippen LogP contribution in [0.2, 0.25) is 0 Å². The van der Waals surface area contributed by atoms with Crippen LogP contribution in [0.15, 0.2) is 54.9 Å². The first-order chi connectivity index (χ1) is 12.3. The van der Waals surface area contributed by atoms with Crippen LogP contribution in [0.3, 0.4) is 0 Å². The standard InChI is InChI=1S/C19H20N4O2/c24-18(23-25)6-5-14-1-3-15(4-2-14)13-20-10-7-16-8-11-21-17-9-12-22-19(16)17/h1-6,8-9,11-12,20,22,25H,7,10,13H2,(H,23,24)/b6-5+. The van der Waals surface area contributed by atoms with Crippen molar-refractivity contribution in [3.63, 3.8) is 0 Å². The van der Waals surface area contributed by atoms with E-state index in [0.717, 1.165) is 36.1 Å². The van der Waals surface area contributed by atoms with Crippen molar-refractivity contribution >= 4 is 23.0 Å². The molecule has 2 aromatic heterocycles. The van der Waals surface area contributed by atoms with Gasteiger partial charge in [-0.2, -0.15) is 0 Å². The summed E-state index contributed by atoms with van der Waals surface area (Å²) >= 11 is 0. The molecule has 0 saturated carbocycles. The number of H-pyrrole nitrogens is 1. The summed E-state index contributed by atoms with van der Waals surface area (Å²) < 4.78 is 0. The molecular weight excluding hydrogens is 316 g/mol. The van der Waals surface area contributed by atoms with E-state index in [9.17, 15) is 4.79 Å². The Hall–Kier alpha value is -2.96. The molecule has 6 heteroatoms. The summed E-state index contributed by atoms with van der Waals surface area (Å²) in [6, 6.07) is 11.9. The molecule has 0 bridgehead atoms. The summed E-state index contributed by atoms with van der Waals surface area (Å²) in [5, 5.41) is 11.9. The minimum atomic E-state index is -0.543. The smallest absolute Gasteiger partial charge is 0.267 e. The highest BCUT2D eigenvalue weighted by molar-refractivity contribution is 5.90. The molecule has 0 radical (unpaired) electrons. The Morgan fingerprint density at radius 3 is 2.84 bits per heavy atom. The molecule has 0 saturated heterocycles. The van der Waals surface area contributed by atoms with Gasteiger partial charge in [-0.25, -0.2) is 5.48 Å². The molecule has 4 N–H and O–H groups in total. The molecule has 0 atom stereocenters. The topological polar surface area (TPSA) is 90.0 Å². The Morgan fingerprint density at radius 1 is 1.20 bits per heavy atom. The van der Waals surface area contributed by atoms with Crippen LogP contribution in [0.1, 0.15) is 16.7 Å². The Morgan fingerprint density at radius 2 is 2.04 bits per heavy atom. The molecule has 1 amide bonds. The first kappa shape index (κ1) is 16.9. The van der Waals surface area contributed by atoms with Crippen molar-refractivity contribution in [3.8, 4) is 0 Å². The predicted molar refractivity (Wildman–Crippen MR) is 96.9 cm³/mol. The third-order valence-corrected chi connectivity index (χ3v) is 3.95. The van der Waals surface area contributed by atoms with Gasteiger partial charge in [-0.1, -0.05) is 24.3 Å². The van der Waals surface area contributed by atoms with Gasteiger partial charge >= 0.3 is 0 Å². The second kappa shape index (κ2) is 8.23. The molecule has 0 aliphatic heterocycles. The van der Waals surface area contributed by atoms with E-state index in [1.165, 1.54) is 17.2 Å². The number of pyridine rings is 1. The number of aromatic nitrogens is 2. The van der Waals surface area contributed by atoms with Gasteiger partial charge in [-0.3, -0.25) is 15.0 Å². The maximum atomic E-state index is 10.9.